The van der Waals surface area contributed by atoms with Crippen LogP contribution in [0.1, 0.15) is 39.9 Å². The molecule has 1 aromatic heterocycles. The molecule has 5 heteroatoms. The monoisotopic (exact) mass is 310 g/mol. The molecule has 2 aliphatic rings. The lowest BCUT2D eigenvalue weighted by Gasteiger charge is -2.37. The van der Waals surface area contributed by atoms with Crippen LogP contribution in [0.2, 0.25) is 0 Å². The number of rotatable bonds is 2. The van der Waals surface area contributed by atoms with E-state index >= 15 is 0 Å². The molecule has 1 saturated heterocycles. The van der Waals surface area contributed by atoms with Gasteiger partial charge < -0.3 is 10.6 Å². The fourth-order valence-corrected chi connectivity index (χ4v) is 5.38. The van der Waals surface area contributed by atoms with Crippen molar-refractivity contribution in [1.29, 1.82) is 0 Å². The van der Waals surface area contributed by atoms with Gasteiger partial charge in [0.05, 0.1) is 4.88 Å². The van der Waals surface area contributed by atoms with Crippen molar-refractivity contribution < 1.29 is 4.79 Å². The number of hydrogen-bond acceptors (Lipinski definition) is 4. The molecule has 2 atom stereocenters. The lowest BCUT2D eigenvalue weighted by atomic mass is 9.93. The third-order valence-electron chi connectivity index (χ3n) is 4.41. The SMILES string of the molecule is CC1CCC(CN)CN1C(=O)c1cc2c(s1)CCSC2. The van der Waals surface area contributed by atoms with Gasteiger partial charge in [0.1, 0.15) is 0 Å². The Hall–Kier alpha value is -0.520. The van der Waals surface area contributed by atoms with Crippen LogP contribution in [0.4, 0.5) is 0 Å². The smallest absolute Gasteiger partial charge is 0.264 e. The normalized spacial score (nSPS) is 26.4. The Morgan fingerprint density at radius 3 is 3.10 bits per heavy atom. The van der Waals surface area contributed by atoms with Gasteiger partial charge in [0.25, 0.3) is 5.91 Å². The molecule has 0 spiro atoms. The van der Waals surface area contributed by atoms with Crippen LogP contribution in [0.3, 0.4) is 0 Å². The van der Waals surface area contributed by atoms with E-state index in [9.17, 15) is 4.79 Å². The molecule has 2 unspecified atom stereocenters. The first kappa shape index (κ1) is 14.4. The lowest BCUT2D eigenvalue weighted by molar-refractivity contribution is 0.0572. The first-order valence-corrected chi connectivity index (χ1v) is 9.36. The zero-order valence-electron chi connectivity index (χ0n) is 11.9. The molecule has 0 bridgehead atoms. The minimum Gasteiger partial charge on any atom is -0.335 e. The van der Waals surface area contributed by atoms with E-state index in [4.69, 9.17) is 5.73 Å². The van der Waals surface area contributed by atoms with Gasteiger partial charge in [-0.15, -0.1) is 11.3 Å². The van der Waals surface area contributed by atoms with Crippen LogP contribution in [0.25, 0.3) is 0 Å². The molecule has 2 N–H and O–H groups in total. The summed E-state index contributed by atoms with van der Waals surface area (Å²) in [6.45, 7) is 3.68. The fourth-order valence-electron chi connectivity index (χ4n) is 3.05. The number of nitrogens with zero attached hydrogens (tertiary/aromatic N) is 1. The summed E-state index contributed by atoms with van der Waals surface area (Å²) in [5.41, 5.74) is 7.18. The summed E-state index contributed by atoms with van der Waals surface area (Å²) in [6, 6.07) is 2.48. The van der Waals surface area contributed by atoms with Crippen LogP contribution in [0.5, 0.6) is 0 Å². The summed E-state index contributed by atoms with van der Waals surface area (Å²) in [5, 5.41) is 0. The first-order valence-electron chi connectivity index (χ1n) is 7.39. The van der Waals surface area contributed by atoms with Crippen LogP contribution in [0.15, 0.2) is 6.07 Å². The molecular formula is C15H22N2OS2. The third-order valence-corrected chi connectivity index (χ3v) is 6.65. The molecule has 3 heterocycles. The van der Waals surface area contributed by atoms with Gasteiger partial charge in [0, 0.05) is 23.2 Å². The Morgan fingerprint density at radius 1 is 1.50 bits per heavy atom. The summed E-state index contributed by atoms with van der Waals surface area (Å²) in [4.78, 5) is 17.2. The zero-order chi connectivity index (χ0) is 14.1. The van der Waals surface area contributed by atoms with Crippen molar-refractivity contribution >= 4 is 29.0 Å². The van der Waals surface area contributed by atoms with Gasteiger partial charge in [-0.25, -0.2) is 0 Å². The number of carbonyl (C=O) groups excluding carboxylic acids is 1. The van der Waals surface area contributed by atoms with E-state index in [2.05, 4.69) is 13.0 Å². The Morgan fingerprint density at radius 2 is 2.35 bits per heavy atom. The number of thioether (sulfide) groups is 1. The maximum atomic E-state index is 12.8. The van der Waals surface area contributed by atoms with Gasteiger partial charge in [-0.1, -0.05) is 0 Å². The summed E-state index contributed by atoms with van der Waals surface area (Å²) < 4.78 is 0. The predicted molar refractivity (Wildman–Crippen MR) is 86.5 cm³/mol. The number of carbonyl (C=O) groups is 1. The first-order chi connectivity index (χ1) is 9.69. The molecule has 20 heavy (non-hydrogen) atoms. The second-order valence-corrected chi connectivity index (χ2v) is 8.09. The van der Waals surface area contributed by atoms with E-state index in [-0.39, 0.29) is 5.91 Å². The van der Waals surface area contributed by atoms with Crippen molar-refractivity contribution in [3.8, 4) is 0 Å². The maximum absolute atomic E-state index is 12.8. The lowest BCUT2D eigenvalue weighted by Crippen LogP contribution is -2.46. The Labute approximate surface area is 128 Å². The average molecular weight is 310 g/mol. The number of likely N-dealkylation sites (tertiary alicyclic amines) is 1. The molecule has 0 radical (unpaired) electrons. The predicted octanol–water partition coefficient (Wildman–Crippen LogP) is 2.74. The average Bonchev–Trinajstić information content (AvgIpc) is 2.91. The standard InChI is InChI=1S/C15H22N2OS2/c1-10-2-3-11(7-16)8-17(10)15(18)14-6-12-9-19-5-4-13(12)20-14/h6,10-11H,2-5,7-9,16H2,1H3. The number of fused-ring (bicyclic) bond motifs is 1. The van der Waals surface area contributed by atoms with Gasteiger partial charge in [0.15, 0.2) is 0 Å². The van der Waals surface area contributed by atoms with E-state index in [0.29, 0.717) is 18.5 Å². The van der Waals surface area contributed by atoms with Gasteiger partial charge in [0.2, 0.25) is 0 Å². The zero-order valence-corrected chi connectivity index (χ0v) is 13.6. The highest BCUT2D eigenvalue weighted by atomic mass is 32.2. The van der Waals surface area contributed by atoms with Crippen LogP contribution < -0.4 is 5.73 Å². The van der Waals surface area contributed by atoms with E-state index in [1.54, 1.807) is 11.3 Å². The molecule has 0 aliphatic carbocycles. The fraction of sp³-hybridized carbons (Fsp3) is 0.667. The molecular weight excluding hydrogens is 288 g/mol. The molecule has 110 valence electrons. The second kappa shape index (κ2) is 6.08. The van der Waals surface area contributed by atoms with Gasteiger partial charge >= 0.3 is 0 Å². The number of hydrogen-bond donors (Lipinski definition) is 1. The second-order valence-electron chi connectivity index (χ2n) is 5.85. The van der Waals surface area contributed by atoms with Crippen molar-refractivity contribution in [2.75, 3.05) is 18.8 Å². The number of piperidine rings is 1. The Kier molecular flexibility index (Phi) is 4.38. The summed E-state index contributed by atoms with van der Waals surface area (Å²) in [7, 11) is 0. The van der Waals surface area contributed by atoms with E-state index in [0.717, 1.165) is 36.4 Å². The minimum atomic E-state index is 0.222. The highest BCUT2D eigenvalue weighted by Gasteiger charge is 2.30. The minimum absolute atomic E-state index is 0.222. The molecule has 0 aromatic carbocycles. The van der Waals surface area contributed by atoms with Gasteiger partial charge in [-0.2, -0.15) is 11.8 Å². The number of thiophene rings is 1. The molecule has 3 rings (SSSR count). The van der Waals surface area contributed by atoms with Gasteiger partial charge in [-0.3, -0.25) is 4.79 Å². The highest BCUT2D eigenvalue weighted by Crippen LogP contribution is 2.33. The molecule has 1 aromatic rings. The van der Waals surface area contributed by atoms with Crippen molar-refractivity contribution in [2.45, 2.75) is 38.0 Å². The van der Waals surface area contributed by atoms with Gasteiger partial charge in [-0.05, 0) is 56.0 Å². The van der Waals surface area contributed by atoms with E-state index in [1.807, 2.05) is 16.7 Å². The Balaban J connectivity index is 1.78. The van der Waals surface area contributed by atoms with Crippen molar-refractivity contribution in [1.82, 2.24) is 4.90 Å². The summed E-state index contributed by atoms with van der Waals surface area (Å²) in [6.07, 6.45) is 3.35. The molecule has 3 nitrogen and oxygen atoms in total. The number of amides is 1. The number of nitrogens with two attached hydrogens (primary N) is 1. The number of aryl methyl sites for hydroxylation is 1. The quantitative estimate of drug-likeness (QED) is 0.913. The van der Waals surface area contributed by atoms with Crippen molar-refractivity contribution in [2.24, 2.45) is 11.7 Å². The van der Waals surface area contributed by atoms with Crippen LogP contribution in [0, 0.1) is 5.92 Å². The highest BCUT2D eigenvalue weighted by molar-refractivity contribution is 7.98. The molecule has 1 amide bonds. The van der Waals surface area contributed by atoms with E-state index < -0.39 is 0 Å². The maximum Gasteiger partial charge on any atom is 0.264 e. The summed E-state index contributed by atoms with van der Waals surface area (Å²) in [5.74, 6) is 2.96. The van der Waals surface area contributed by atoms with Crippen LogP contribution in [-0.2, 0) is 12.2 Å². The van der Waals surface area contributed by atoms with Crippen LogP contribution >= 0.6 is 23.1 Å². The van der Waals surface area contributed by atoms with Crippen LogP contribution in [-0.4, -0.2) is 35.7 Å². The third kappa shape index (κ3) is 2.76. The Bertz CT molecular complexity index is 477. The van der Waals surface area contributed by atoms with Crippen molar-refractivity contribution in [3.63, 3.8) is 0 Å². The van der Waals surface area contributed by atoms with Crippen molar-refractivity contribution in [3.05, 3.63) is 21.4 Å². The topological polar surface area (TPSA) is 46.3 Å². The molecule has 2 aliphatic heterocycles. The summed E-state index contributed by atoms with van der Waals surface area (Å²) >= 11 is 3.68. The molecule has 0 saturated carbocycles. The molecule has 1 fully saturated rings. The van der Waals surface area contributed by atoms with E-state index in [1.165, 1.54) is 16.2 Å². The largest absolute Gasteiger partial charge is 0.335 e.